The second-order valence-electron chi connectivity index (χ2n) is 5.88. The molecule has 1 unspecified atom stereocenters. The molecule has 0 saturated carbocycles. The number of carbonyl (C=O) groups excluding carboxylic acids is 2. The number of esters is 1. The fourth-order valence-electron chi connectivity index (χ4n) is 3.07. The van der Waals surface area contributed by atoms with Gasteiger partial charge in [0.05, 0.1) is 12.2 Å². The van der Waals surface area contributed by atoms with E-state index >= 15 is 0 Å². The molecule has 1 N–H and O–H groups in total. The van der Waals surface area contributed by atoms with Crippen molar-refractivity contribution < 1.29 is 24.2 Å². The van der Waals surface area contributed by atoms with Crippen LogP contribution in [-0.4, -0.2) is 53.5 Å². The highest BCUT2D eigenvalue weighted by Crippen LogP contribution is 2.33. The minimum atomic E-state index is -0.981. The van der Waals surface area contributed by atoms with Gasteiger partial charge in [0.2, 0.25) is 5.91 Å². The second kappa shape index (κ2) is 5.91. The molecule has 7 nitrogen and oxygen atoms in total. The van der Waals surface area contributed by atoms with E-state index in [0.717, 1.165) is 5.56 Å². The van der Waals surface area contributed by atoms with E-state index in [1.165, 1.54) is 4.90 Å². The van der Waals surface area contributed by atoms with Gasteiger partial charge in [0.15, 0.2) is 5.75 Å². The maximum atomic E-state index is 12.5. The van der Waals surface area contributed by atoms with E-state index in [1.807, 2.05) is 19.1 Å². The van der Waals surface area contributed by atoms with Gasteiger partial charge in [0, 0.05) is 6.54 Å². The fourth-order valence-corrected chi connectivity index (χ4v) is 3.07. The summed E-state index contributed by atoms with van der Waals surface area (Å²) in [6, 6.07) is 4.62. The number of carbonyl (C=O) groups is 3. The van der Waals surface area contributed by atoms with Crippen LogP contribution in [0.15, 0.2) is 18.2 Å². The van der Waals surface area contributed by atoms with Gasteiger partial charge >= 0.3 is 11.9 Å². The Morgan fingerprint density at radius 2 is 2.17 bits per heavy atom. The molecule has 1 aromatic carbocycles. The predicted octanol–water partition coefficient (Wildman–Crippen LogP) is 0.796. The summed E-state index contributed by atoms with van der Waals surface area (Å²) in [5.74, 6) is -1.26. The molecule has 3 rings (SSSR count). The van der Waals surface area contributed by atoms with Gasteiger partial charge < -0.3 is 19.6 Å². The van der Waals surface area contributed by atoms with Gasteiger partial charge in [0.25, 0.3) is 0 Å². The number of hydrogen-bond donors (Lipinski definition) is 1. The third-order valence-electron chi connectivity index (χ3n) is 4.18. The Balaban J connectivity index is 1.80. The Morgan fingerprint density at radius 3 is 2.91 bits per heavy atom. The number of ether oxygens (including phenoxy) is 1. The van der Waals surface area contributed by atoms with E-state index in [9.17, 15) is 19.5 Å². The van der Waals surface area contributed by atoms with E-state index < -0.39 is 18.0 Å². The molecule has 1 saturated heterocycles. The second-order valence-corrected chi connectivity index (χ2v) is 5.88. The number of aliphatic carboxylic acids is 1. The molecule has 1 fully saturated rings. The third kappa shape index (κ3) is 2.99. The van der Waals surface area contributed by atoms with Crippen LogP contribution in [0.1, 0.15) is 18.4 Å². The Labute approximate surface area is 133 Å². The topological polar surface area (TPSA) is 87.2 Å². The lowest BCUT2D eigenvalue weighted by atomic mass is 10.1. The number of carboxylic acids is 1. The number of anilines is 1. The zero-order chi connectivity index (χ0) is 16.6. The van der Waals surface area contributed by atoms with Crippen LogP contribution in [0.25, 0.3) is 0 Å². The first kappa shape index (κ1) is 15.3. The van der Waals surface area contributed by atoms with Crippen molar-refractivity contribution >= 4 is 23.5 Å². The van der Waals surface area contributed by atoms with Gasteiger partial charge in [-0.25, -0.2) is 9.59 Å². The van der Waals surface area contributed by atoms with Crippen LogP contribution >= 0.6 is 0 Å². The van der Waals surface area contributed by atoms with Crippen molar-refractivity contribution in [3.8, 4) is 5.75 Å². The van der Waals surface area contributed by atoms with Crippen molar-refractivity contribution in [2.75, 3.05) is 24.5 Å². The van der Waals surface area contributed by atoms with Crippen molar-refractivity contribution in [2.24, 2.45) is 0 Å². The normalized spacial score (nSPS) is 20.2. The standard InChI is InChI=1S/C16H18N2O5/c1-10-4-5-13-12(7-10)17(9-15(20)23-13)8-14(19)18-6-2-3-11(18)16(21)22/h4-5,7,11H,2-3,6,8-9H2,1H3,(H,21,22). The Morgan fingerprint density at radius 1 is 1.39 bits per heavy atom. The molecular weight excluding hydrogens is 300 g/mol. The summed E-state index contributed by atoms with van der Waals surface area (Å²) in [7, 11) is 0. The predicted molar refractivity (Wildman–Crippen MR) is 81.4 cm³/mol. The smallest absolute Gasteiger partial charge is 0.331 e. The number of nitrogens with zero attached hydrogens (tertiary/aromatic N) is 2. The van der Waals surface area contributed by atoms with Gasteiger partial charge in [0.1, 0.15) is 12.6 Å². The maximum Gasteiger partial charge on any atom is 0.331 e. The van der Waals surface area contributed by atoms with Gasteiger partial charge in [-0.15, -0.1) is 0 Å². The summed E-state index contributed by atoms with van der Waals surface area (Å²) in [4.78, 5) is 38.5. The zero-order valence-electron chi connectivity index (χ0n) is 12.8. The SMILES string of the molecule is Cc1ccc2c(c1)N(CC(=O)N1CCCC1C(=O)O)CC(=O)O2. The molecule has 0 aromatic heterocycles. The highest BCUT2D eigenvalue weighted by atomic mass is 16.5. The molecule has 2 heterocycles. The molecule has 1 atom stereocenters. The highest BCUT2D eigenvalue weighted by molar-refractivity contribution is 5.91. The average molecular weight is 318 g/mol. The van der Waals surface area contributed by atoms with E-state index in [0.29, 0.717) is 30.8 Å². The fraction of sp³-hybridized carbons (Fsp3) is 0.438. The van der Waals surface area contributed by atoms with Gasteiger partial charge in [-0.05, 0) is 37.5 Å². The van der Waals surface area contributed by atoms with E-state index in [2.05, 4.69) is 0 Å². The van der Waals surface area contributed by atoms with Crippen LogP contribution in [0.5, 0.6) is 5.75 Å². The van der Waals surface area contributed by atoms with Crippen LogP contribution in [-0.2, 0) is 14.4 Å². The average Bonchev–Trinajstić information content (AvgIpc) is 2.97. The first-order chi connectivity index (χ1) is 11.0. The molecule has 0 aliphatic carbocycles. The van der Waals surface area contributed by atoms with Crippen LogP contribution in [0.4, 0.5) is 5.69 Å². The Kier molecular flexibility index (Phi) is 3.94. The molecule has 2 aliphatic rings. The number of aryl methyl sites for hydroxylation is 1. The maximum absolute atomic E-state index is 12.5. The minimum absolute atomic E-state index is 0.0201. The minimum Gasteiger partial charge on any atom is -0.480 e. The van der Waals surface area contributed by atoms with Crippen LogP contribution in [0.2, 0.25) is 0 Å². The first-order valence-electron chi connectivity index (χ1n) is 7.54. The summed E-state index contributed by atoms with van der Waals surface area (Å²) in [6.45, 7) is 2.30. The van der Waals surface area contributed by atoms with E-state index in [1.54, 1.807) is 11.0 Å². The first-order valence-corrected chi connectivity index (χ1v) is 7.54. The molecule has 122 valence electrons. The van der Waals surface area contributed by atoms with Crippen LogP contribution < -0.4 is 9.64 Å². The summed E-state index contributed by atoms with van der Waals surface area (Å²) in [5.41, 5.74) is 1.67. The van der Waals surface area contributed by atoms with Crippen molar-refractivity contribution in [3.05, 3.63) is 23.8 Å². The van der Waals surface area contributed by atoms with Crippen LogP contribution in [0.3, 0.4) is 0 Å². The molecule has 1 amide bonds. The molecular formula is C16H18N2O5. The van der Waals surface area contributed by atoms with Gasteiger partial charge in [-0.2, -0.15) is 0 Å². The quantitative estimate of drug-likeness (QED) is 0.655. The van der Waals surface area contributed by atoms with Crippen LogP contribution in [0, 0.1) is 6.92 Å². The lowest BCUT2D eigenvalue weighted by molar-refractivity contribution is -0.147. The van der Waals surface area contributed by atoms with E-state index in [4.69, 9.17) is 4.74 Å². The van der Waals surface area contributed by atoms with Gasteiger partial charge in [-0.3, -0.25) is 4.79 Å². The molecule has 0 spiro atoms. The Hall–Kier alpha value is -2.57. The van der Waals surface area contributed by atoms with Crippen molar-refractivity contribution in [1.82, 2.24) is 4.90 Å². The van der Waals surface area contributed by atoms with Crippen molar-refractivity contribution in [1.29, 1.82) is 0 Å². The van der Waals surface area contributed by atoms with Crippen molar-refractivity contribution in [2.45, 2.75) is 25.8 Å². The Bertz CT molecular complexity index is 672. The molecule has 0 bridgehead atoms. The summed E-state index contributed by atoms with van der Waals surface area (Å²) in [6.07, 6.45) is 1.15. The molecule has 7 heteroatoms. The number of rotatable bonds is 3. The monoisotopic (exact) mass is 318 g/mol. The zero-order valence-corrected chi connectivity index (χ0v) is 12.8. The molecule has 23 heavy (non-hydrogen) atoms. The molecule has 0 radical (unpaired) electrons. The third-order valence-corrected chi connectivity index (χ3v) is 4.18. The summed E-state index contributed by atoms with van der Waals surface area (Å²) < 4.78 is 5.18. The largest absolute Gasteiger partial charge is 0.480 e. The molecule has 2 aliphatic heterocycles. The number of hydrogen-bond acceptors (Lipinski definition) is 5. The lowest BCUT2D eigenvalue weighted by Gasteiger charge is -2.31. The summed E-state index contributed by atoms with van der Waals surface area (Å²) in [5, 5.41) is 9.19. The number of benzene rings is 1. The lowest BCUT2D eigenvalue weighted by Crippen LogP contribution is -2.48. The number of likely N-dealkylation sites (tertiary alicyclic amines) is 1. The summed E-state index contributed by atoms with van der Waals surface area (Å²) >= 11 is 0. The van der Waals surface area contributed by atoms with Gasteiger partial charge in [-0.1, -0.05) is 6.07 Å². The number of amides is 1. The highest BCUT2D eigenvalue weighted by Gasteiger charge is 2.35. The number of fused-ring (bicyclic) bond motifs is 1. The van der Waals surface area contributed by atoms with E-state index in [-0.39, 0.29) is 19.0 Å². The molecule has 1 aromatic rings. The number of carboxylic acid groups (broad SMARTS) is 1. The van der Waals surface area contributed by atoms with Crippen molar-refractivity contribution in [3.63, 3.8) is 0 Å².